The molecule has 53 heavy (non-hydrogen) atoms. The summed E-state index contributed by atoms with van der Waals surface area (Å²) in [5.74, 6) is -2.18. The number of hydrogen-bond acceptors (Lipinski definition) is 9. The van der Waals surface area contributed by atoms with Crippen LogP contribution in [0.1, 0.15) is 87.7 Å². The number of nitriles is 1. The first-order valence-electron chi connectivity index (χ1n) is 18.1. The highest BCUT2D eigenvalue weighted by Crippen LogP contribution is 2.38. The Balaban J connectivity index is 1.07. The zero-order valence-electron chi connectivity index (χ0n) is 29.9. The molecule has 6 heterocycles. The van der Waals surface area contributed by atoms with Crippen LogP contribution >= 0.6 is 0 Å². The second-order valence-corrected chi connectivity index (χ2v) is 14.0. The van der Waals surface area contributed by atoms with Crippen LogP contribution in [0.2, 0.25) is 0 Å². The van der Waals surface area contributed by atoms with Crippen molar-refractivity contribution in [1.29, 1.82) is 5.26 Å². The maximum Gasteiger partial charge on any atom is 0.436 e. The summed E-state index contributed by atoms with van der Waals surface area (Å²) >= 11 is 0. The summed E-state index contributed by atoms with van der Waals surface area (Å²) in [6, 6.07) is 5.21. The lowest BCUT2D eigenvalue weighted by Crippen LogP contribution is -2.66. The molecule has 1 atom stereocenters. The number of nitrogens with zero attached hydrogens (tertiary/aromatic N) is 9. The van der Waals surface area contributed by atoms with Crippen LogP contribution in [0.25, 0.3) is 22.3 Å². The molecule has 0 radical (unpaired) electrons. The van der Waals surface area contributed by atoms with Crippen LogP contribution in [0.15, 0.2) is 43.2 Å². The van der Waals surface area contributed by atoms with Crippen molar-refractivity contribution in [3.63, 3.8) is 0 Å². The van der Waals surface area contributed by atoms with Crippen molar-refractivity contribution in [3.05, 3.63) is 60.3 Å². The number of carbonyl (C=O) groups excluding carboxylic acids is 2. The number of aromatic nitrogens is 6. The molecular weight excluding hydrogens is 694 g/mol. The van der Waals surface area contributed by atoms with Crippen LogP contribution in [-0.4, -0.2) is 83.2 Å². The number of rotatable bonds is 14. The largest absolute Gasteiger partial charge is 0.444 e. The van der Waals surface area contributed by atoms with Gasteiger partial charge in [-0.3, -0.25) is 23.7 Å². The average Bonchev–Trinajstić information content (AvgIpc) is 3.80. The minimum atomic E-state index is -5.01. The Morgan fingerprint density at radius 2 is 1.89 bits per heavy atom. The van der Waals surface area contributed by atoms with Crippen LogP contribution in [0, 0.1) is 23.1 Å². The summed E-state index contributed by atoms with van der Waals surface area (Å²) in [5.41, 5.74) is -0.932. The fourth-order valence-corrected chi connectivity index (χ4v) is 7.49. The first-order valence-corrected chi connectivity index (χ1v) is 18.1. The summed E-state index contributed by atoms with van der Waals surface area (Å²) in [5, 5.41) is 15.2. The van der Waals surface area contributed by atoms with Gasteiger partial charge in [0, 0.05) is 68.2 Å². The number of pyridine rings is 1. The summed E-state index contributed by atoms with van der Waals surface area (Å²) in [7, 11) is 0. The third-order valence-electron chi connectivity index (χ3n) is 10.6. The molecule has 2 saturated heterocycles. The van der Waals surface area contributed by atoms with Crippen molar-refractivity contribution >= 4 is 22.9 Å². The van der Waals surface area contributed by atoms with Crippen molar-refractivity contribution in [3.8, 4) is 17.3 Å². The highest BCUT2D eigenvalue weighted by molar-refractivity contribution is 5.94. The Kier molecular flexibility index (Phi) is 11.4. The van der Waals surface area contributed by atoms with E-state index in [2.05, 4.69) is 44.9 Å². The molecule has 4 aromatic heterocycles. The lowest BCUT2D eigenvalue weighted by molar-refractivity contribution is -0.147. The smallest absolute Gasteiger partial charge is 0.436 e. The lowest BCUT2D eigenvalue weighted by Gasteiger charge is -2.53. The van der Waals surface area contributed by atoms with Crippen molar-refractivity contribution in [2.75, 3.05) is 26.2 Å². The fraction of sp³-hybridized carbons (Fsp3) is 0.541. The molecule has 4 aromatic rings. The summed E-state index contributed by atoms with van der Waals surface area (Å²) in [4.78, 5) is 41.2. The van der Waals surface area contributed by atoms with Gasteiger partial charge in [0.25, 0.3) is 5.91 Å². The van der Waals surface area contributed by atoms with E-state index >= 15 is 0 Å². The molecule has 2 aliphatic heterocycles. The number of piperidine rings is 1. The zero-order chi connectivity index (χ0) is 37.8. The van der Waals surface area contributed by atoms with Gasteiger partial charge < -0.3 is 9.64 Å². The summed E-state index contributed by atoms with van der Waals surface area (Å²) < 4.78 is 63.2. The number of amides is 1. The minimum absolute atomic E-state index is 0.0393. The SMILES string of the molecule is CCCC[C@H](CC)CCC(=O)OCn1ccc2c(-c3cnn(C4(CC#N)CN(C5CCN(C(=O)c6ccnc(C(F)(F)F)c6F)CC5)C4)c3)ncnc21. The Morgan fingerprint density at radius 1 is 1.11 bits per heavy atom. The molecular formula is C37H43F4N9O3. The molecule has 0 N–H and O–H groups in total. The van der Waals surface area contributed by atoms with E-state index < -0.39 is 34.7 Å². The van der Waals surface area contributed by atoms with E-state index in [-0.39, 0.29) is 38.3 Å². The molecule has 0 aromatic carbocycles. The maximum absolute atomic E-state index is 14.6. The van der Waals surface area contributed by atoms with Gasteiger partial charge >= 0.3 is 12.1 Å². The number of carbonyl (C=O) groups is 2. The Bertz CT molecular complexity index is 1960. The molecule has 0 aliphatic carbocycles. The number of hydrogen-bond donors (Lipinski definition) is 0. The number of alkyl halides is 3. The van der Waals surface area contributed by atoms with E-state index in [9.17, 15) is 32.4 Å². The Morgan fingerprint density at radius 3 is 2.58 bits per heavy atom. The maximum atomic E-state index is 14.6. The van der Waals surface area contributed by atoms with Gasteiger partial charge in [-0.2, -0.15) is 23.5 Å². The number of ether oxygens (including phenoxy) is 1. The van der Waals surface area contributed by atoms with Crippen LogP contribution < -0.4 is 0 Å². The quantitative estimate of drug-likeness (QED) is 0.104. The van der Waals surface area contributed by atoms with Gasteiger partial charge in [0.1, 0.15) is 17.5 Å². The van der Waals surface area contributed by atoms with Crippen molar-refractivity contribution in [2.45, 2.75) is 96.1 Å². The molecule has 0 saturated carbocycles. The molecule has 0 unspecified atom stereocenters. The molecule has 0 spiro atoms. The Labute approximate surface area is 304 Å². The first kappa shape index (κ1) is 37.8. The normalized spacial score (nSPS) is 17.0. The molecule has 282 valence electrons. The van der Waals surface area contributed by atoms with E-state index in [1.54, 1.807) is 10.8 Å². The molecule has 1 amide bonds. The van der Waals surface area contributed by atoms with Gasteiger partial charge in [0.15, 0.2) is 18.2 Å². The van der Waals surface area contributed by atoms with Crippen molar-refractivity contribution in [2.24, 2.45) is 5.92 Å². The minimum Gasteiger partial charge on any atom is -0.444 e. The van der Waals surface area contributed by atoms with Gasteiger partial charge in [-0.05, 0) is 37.3 Å². The average molecular weight is 738 g/mol. The molecule has 2 fully saturated rings. The number of unbranched alkanes of at least 4 members (excludes halogenated alkanes) is 1. The molecule has 16 heteroatoms. The monoisotopic (exact) mass is 737 g/mol. The van der Waals surface area contributed by atoms with E-state index in [1.807, 2.05) is 23.1 Å². The van der Waals surface area contributed by atoms with E-state index in [4.69, 9.17) is 4.74 Å². The van der Waals surface area contributed by atoms with Crippen LogP contribution in [0.4, 0.5) is 17.6 Å². The number of halogens is 4. The standard InChI is InChI=1S/C37H43F4N9O3/c1-3-5-6-25(4-2)7-8-30(51)53-24-48-18-12-29-32(44-23-45-34(29)48)26-19-46-50(20-26)36(13-14-42)21-49(22-36)27-10-16-47(17-11-27)35(52)28-9-15-43-33(31(28)38)37(39,40)41/h9,12,15,18-20,23,25,27H,3-8,10-11,13,16-17,21-22,24H2,1-2H3/t25-/m0/s1. The van der Waals surface area contributed by atoms with Crippen molar-refractivity contribution in [1.82, 2.24) is 39.1 Å². The lowest BCUT2D eigenvalue weighted by atomic mass is 9.83. The van der Waals surface area contributed by atoms with E-state index in [1.165, 1.54) is 11.2 Å². The summed E-state index contributed by atoms with van der Waals surface area (Å²) in [6.45, 7) is 5.93. The van der Waals surface area contributed by atoms with Gasteiger partial charge in [-0.15, -0.1) is 0 Å². The van der Waals surface area contributed by atoms with E-state index in [0.29, 0.717) is 49.6 Å². The zero-order valence-corrected chi connectivity index (χ0v) is 29.9. The van der Waals surface area contributed by atoms with Gasteiger partial charge in [0.05, 0.1) is 29.9 Å². The Hall–Kier alpha value is -4.91. The second kappa shape index (κ2) is 16.0. The predicted molar refractivity (Wildman–Crippen MR) is 185 cm³/mol. The van der Waals surface area contributed by atoms with Crippen LogP contribution in [0.3, 0.4) is 0 Å². The van der Waals surface area contributed by atoms with Gasteiger partial charge in [0.2, 0.25) is 0 Å². The number of fused-ring (bicyclic) bond motifs is 1. The summed E-state index contributed by atoms with van der Waals surface area (Å²) in [6.07, 6.45) is 9.59. The predicted octanol–water partition coefficient (Wildman–Crippen LogP) is 6.57. The highest BCUT2D eigenvalue weighted by atomic mass is 19.4. The molecule has 12 nitrogen and oxygen atoms in total. The topological polar surface area (TPSA) is 135 Å². The fourth-order valence-electron chi connectivity index (χ4n) is 7.49. The first-order chi connectivity index (χ1) is 25.5. The van der Waals surface area contributed by atoms with Gasteiger partial charge in [-0.1, -0.05) is 39.5 Å². The third kappa shape index (κ3) is 8.04. The van der Waals surface area contributed by atoms with Crippen LogP contribution in [-0.2, 0) is 28.0 Å². The molecule has 6 rings (SSSR count). The van der Waals surface area contributed by atoms with Gasteiger partial charge in [-0.25, -0.2) is 19.3 Å². The highest BCUT2D eigenvalue weighted by Gasteiger charge is 2.48. The third-order valence-corrected chi connectivity index (χ3v) is 10.6. The molecule has 2 aliphatic rings. The number of likely N-dealkylation sites (tertiary alicyclic amines) is 2. The van der Waals surface area contributed by atoms with Crippen molar-refractivity contribution < 1.29 is 31.9 Å². The van der Waals surface area contributed by atoms with E-state index in [0.717, 1.165) is 55.3 Å². The number of esters is 1. The molecule has 0 bridgehead atoms. The van der Waals surface area contributed by atoms with Crippen LogP contribution in [0.5, 0.6) is 0 Å². The second-order valence-electron chi connectivity index (χ2n) is 14.0.